The molecular formula is C14H24N2O. The first-order chi connectivity index (χ1) is 8.26. The third kappa shape index (κ3) is 2.49. The average Bonchev–Trinajstić information content (AvgIpc) is 2.96. The van der Waals surface area contributed by atoms with Gasteiger partial charge in [-0.25, -0.2) is 0 Å². The Bertz CT molecular complexity index is 295. The molecule has 2 N–H and O–H groups in total. The van der Waals surface area contributed by atoms with E-state index in [2.05, 4.69) is 17.6 Å². The van der Waals surface area contributed by atoms with E-state index in [9.17, 15) is 4.79 Å². The van der Waals surface area contributed by atoms with Crippen LogP contribution in [-0.2, 0) is 4.79 Å². The lowest BCUT2D eigenvalue weighted by molar-refractivity contribution is -0.124. The van der Waals surface area contributed by atoms with Gasteiger partial charge in [-0.2, -0.15) is 0 Å². The minimum atomic E-state index is 0.112. The Balaban J connectivity index is 1.47. The van der Waals surface area contributed by atoms with Crippen LogP contribution in [0.5, 0.6) is 0 Å². The summed E-state index contributed by atoms with van der Waals surface area (Å²) in [4.78, 5) is 12.1. The Morgan fingerprint density at radius 3 is 2.88 bits per heavy atom. The maximum Gasteiger partial charge on any atom is 0.237 e. The van der Waals surface area contributed by atoms with Gasteiger partial charge in [0.1, 0.15) is 0 Å². The summed E-state index contributed by atoms with van der Waals surface area (Å²) in [5, 5.41) is 6.70. The van der Waals surface area contributed by atoms with Gasteiger partial charge < -0.3 is 10.6 Å². The summed E-state index contributed by atoms with van der Waals surface area (Å²) >= 11 is 0. The molecule has 3 rings (SSSR count). The maximum absolute atomic E-state index is 12.1. The molecule has 0 aromatic heterocycles. The van der Waals surface area contributed by atoms with E-state index >= 15 is 0 Å². The van der Waals surface area contributed by atoms with E-state index in [1.54, 1.807) is 0 Å². The monoisotopic (exact) mass is 236 g/mol. The van der Waals surface area contributed by atoms with Crippen molar-refractivity contribution in [1.82, 2.24) is 10.6 Å². The van der Waals surface area contributed by atoms with E-state index in [1.807, 2.05) is 0 Å². The van der Waals surface area contributed by atoms with Gasteiger partial charge >= 0.3 is 0 Å². The van der Waals surface area contributed by atoms with Crippen LogP contribution in [-0.4, -0.2) is 24.0 Å². The van der Waals surface area contributed by atoms with Crippen molar-refractivity contribution >= 4 is 5.91 Å². The molecule has 3 nitrogen and oxygen atoms in total. The molecule has 2 aliphatic carbocycles. The second-order valence-corrected chi connectivity index (χ2v) is 6.20. The van der Waals surface area contributed by atoms with Crippen LogP contribution in [0.3, 0.4) is 0 Å². The quantitative estimate of drug-likeness (QED) is 0.785. The standard InChI is InChI=1S/C14H24N2O/c1-2-9-4-3-5-11(6-9)15-14(17)13-8-10-7-12(10)16-13/h9-13,16H,2-8H2,1H3,(H,15,17)/t9-,10+,11+,12+,13-/m0/s1. The summed E-state index contributed by atoms with van der Waals surface area (Å²) in [5.41, 5.74) is 0. The molecule has 0 radical (unpaired) electrons. The summed E-state index contributed by atoms with van der Waals surface area (Å²) in [7, 11) is 0. The first kappa shape index (κ1) is 11.5. The van der Waals surface area contributed by atoms with E-state index in [1.165, 1.54) is 38.5 Å². The number of fused-ring (bicyclic) bond motifs is 1. The topological polar surface area (TPSA) is 41.1 Å². The van der Waals surface area contributed by atoms with Crippen molar-refractivity contribution < 1.29 is 4.79 Å². The van der Waals surface area contributed by atoms with Gasteiger partial charge in [0.15, 0.2) is 0 Å². The highest BCUT2D eigenvalue weighted by Gasteiger charge is 2.48. The Hall–Kier alpha value is -0.570. The number of piperidine rings is 1. The van der Waals surface area contributed by atoms with Gasteiger partial charge in [-0.05, 0) is 37.5 Å². The molecule has 1 heterocycles. The lowest BCUT2D eigenvalue weighted by atomic mass is 9.84. The smallest absolute Gasteiger partial charge is 0.237 e. The van der Waals surface area contributed by atoms with E-state index < -0.39 is 0 Å². The normalized spacial score (nSPS) is 44.2. The van der Waals surface area contributed by atoms with Gasteiger partial charge in [0.05, 0.1) is 6.04 Å². The maximum atomic E-state index is 12.1. The van der Waals surface area contributed by atoms with Gasteiger partial charge in [-0.1, -0.05) is 26.2 Å². The van der Waals surface area contributed by atoms with Crippen molar-refractivity contribution in [3.63, 3.8) is 0 Å². The van der Waals surface area contributed by atoms with Crippen molar-refractivity contribution in [3.8, 4) is 0 Å². The number of hydrogen-bond donors (Lipinski definition) is 2. The zero-order chi connectivity index (χ0) is 11.8. The fraction of sp³-hybridized carbons (Fsp3) is 0.929. The number of carbonyl (C=O) groups excluding carboxylic acids is 1. The summed E-state index contributed by atoms with van der Waals surface area (Å²) < 4.78 is 0. The van der Waals surface area contributed by atoms with Gasteiger partial charge in [0.25, 0.3) is 0 Å². The van der Waals surface area contributed by atoms with Gasteiger partial charge in [0, 0.05) is 12.1 Å². The number of rotatable bonds is 3. The average molecular weight is 236 g/mol. The predicted octanol–water partition coefficient (Wildman–Crippen LogP) is 1.82. The Labute approximate surface area is 104 Å². The van der Waals surface area contributed by atoms with Crippen molar-refractivity contribution in [2.24, 2.45) is 11.8 Å². The largest absolute Gasteiger partial charge is 0.352 e. The van der Waals surface area contributed by atoms with Crippen molar-refractivity contribution in [2.45, 2.75) is 70.0 Å². The third-order valence-corrected chi connectivity index (χ3v) is 4.90. The van der Waals surface area contributed by atoms with Gasteiger partial charge in [-0.15, -0.1) is 0 Å². The Morgan fingerprint density at radius 1 is 1.29 bits per heavy atom. The molecule has 0 aromatic rings. The zero-order valence-corrected chi connectivity index (χ0v) is 10.7. The minimum Gasteiger partial charge on any atom is -0.352 e. The van der Waals surface area contributed by atoms with Crippen LogP contribution in [0.2, 0.25) is 0 Å². The number of hydrogen-bond acceptors (Lipinski definition) is 2. The molecule has 2 saturated carbocycles. The molecule has 1 aliphatic heterocycles. The second kappa shape index (κ2) is 4.60. The molecule has 5 atom stereocenters. The molecular weight excluding hydrogens is 212 g/mol. The molecule has 0 aromatic carbocycles. The summed E-state index contributed by atoms with van der Waals surface area (Å²) in [6.07, 6.45) is 8.65. The van der Waals surface area contributed by atoms with Crippen LogP contribution in [0, 0.1) is 11.8 Å². The molecule has 17 heavy (non-hydrogen) atoms. The number of nitrogens with one attached hydrogen (secondary N) is 2. The zero-order valence-electron chi connectivity index (χ0n) is 10.7. The molecule has 0 unspecified atom stereocenters. The first-order valence-corrected chi connectivity index (χ1v) is 7.32. The van der Waals surface area contributed by atoms with E-state index in [0.29, 0.717) is 12.1 Å². The van der Waals surface area contributed by atoms with Crippen LogP contribution in [0.1, 0.15) is 51.9 Å². The Morgan fingerprint density at radius 2 is 2.18 bits per heavy atom. The third-order valence-electron chi connectivity index (χ3n) is 4.90. The van der Waals surface area contributed by atoms with Crippen LogP contribution >= 0.6 is 0 Å². The Kier molecular flexibility index (Phi) is 3.12. The lowest BCUT2D eigenvalue weighted by Crippen LogP contribution is -2.47. The van der Waals surface area contributed by atoms with Crippen molar-refractivity contribution in [2.75, 3.05) is 0 Å². The van der Waals surface area contributed by atoms with Crippen molar-refractivity contribution in [1.29, 1.82) is 0 Å². The van der Waals surface area contributed by atoms with E-state index in [0.717, 1.165) is 18.3 Å². The van der Waals surface area contributed by atoms with Gasteiger partial charge in [0.2, 0.25) is 5.91 Å². The molecule has 96 valence electrons. The first-order valence-electron chi connectivity index (χ1n) is 7.32. The van der Waals surface area contributed by atoms with E-state index in [4.69, 9.17) is 0 Å². The van der Waals surface area contributed by atoms with Crippen LogP contribution < -0.4 is 10.6 Å². The van der Waals surface area contributed by atoms with Crippen LogP contribution in [0.4, 0.5) is 0 Å². The highest BCUT2D eigenvalue weighted by Crippen LogP contribution is 2.40. The molecule has 3 heteroatoms. The fourth-order valence-corrected chi connectivity index (χ4v) is 3.62. The second-order valence-electron chi connectivity index (χ2n) is 6.20. The lowest BCUT2D eigenvalue weighted by Gasteiger charge is -2.30. The molecule has 1 amide bonds. The van der Waals surface area contributed by atoms with Crippen LogP contribution in [0.25, 0.3) is 0 Å². The summed E-state index contributed by atoms with van der Waals surface area (Å²) in [5.74, 6) is 1.90. The molecule has 3 fully saturated rings. The van der Waals surface area contributed by atoms with Gasteiger partial charge in [-0.3, -0.25) is 4.79 Å². The minimum absolute atomic E-state index is 0.112. The fourth-order valence-electron chi connectivity index (χ4n) is 3.62. The van der Waals surface area contributed by atoms with Crippen molar-refractivity contribution in [3.05, 3.63) is 0 Å². The number of amides is 1. The molecule has 1 saturated heterocycles. The SMILES string of the molecule is CC[C@H]1CCC[C@@H](NC(=O)[C@@H]2C[C@H]3C[C@H]3N2)C1. The highest BCUT2D eigenvalue weighted by molar-refractivity contribution is 5.82. The summed E-state index contributed by atoms with van der Waals surface area (Å²) in [6.45, 7) is 2.26. The number of carbonyl (C=O) groups is 1. The highest BCUT2D eigenvalue weighted by atomic mass is 16.2. The molecule has 3 aliphatic rings. The van der Waals surface area contributed by atoms with Crippen LogP contribution in [0.15, 0.2) is 0 Å². The molecule has 0 bridgehead atoms. The van der Waals surface area contributed by atoms with E-state index in [-0.39, 0.29) is 11.9 Å². The summed E-state index contributed by atoms with van der Waals surface area (Å²) in [6, 6.07) is 1.22. The predicted molar refractivity (Wildman–Crippen MR) is 67.6 cm³/mol. The molecule has 0 spiro atoms.